The van der Waals surface area contributed by atoms with E-state index in [1.54, 1.807) is 12.1 Å². The summed E-state index contributed by atoms with van der Waals surface area (Å²) in [5, 5.41) is 0. The summed E-state index contributed by atoms with van der Waals surface area (Å²) in [6, 6.07) is 15.8. The highest BCUT2D eigenvalue weighted by molar-refractivity contribution is 7.86. The lowest BCUT2D eigenvalue weighted by molar-refractivity contribution is 0.290. The molecule has 1 atom stereocenters. The van der Waals surface area contributed by atoms with Crippen molar-refractivity contribution >= 4 is 10.1 Å². The number of hydrogen-bond donors (Lipinski definition) is 1. The van der Waals surface area contributed by atoms with E-state index >= 15 is 0 Å². The quantitative estimate of drug-likeness (QED) is 0.831. The van der Waals surface area contributed by atoms with E-state index < -0.39 is 10.1 Å². The van der Waals surface area contributed by atoms with Crippen LogP contribution in [0.15, 0.2) is 59.5 Å². The SMILES string of the molecule is Cc1ccc(S(=O)(=O)OCC(N)Cc2ccccc2)cc1. The third kappa shape index (κ3) is 4.67. The Hall–Kier alpha value is -1.69. The molecule has 2 rings (SSSR count). The molecular weight excluding hydrogens is 286 g/mol. The molecule has 1 unspecified atom stereocenters. The molecule has 5 heteroatoms. The molecule has 0 saturated carbocycles. The van der Waals surface area contributed by atoms with Crippen LogP contribution >= 0.6 is 0 Å². The molecule has 2 N–H and O–H groups in total. The topological polar surface area (TPSA) is 69.4 Å². The van der Waals surface area contributed by atoms with E-state index in [-0.39, 0.29) is 17.5 Å². The van der Waals surface area contributed by atoms with Crippen LogP contribution in [0.5, 0.6) is 0 Å². The van der Waals surface area contributed by atoms with Crippen LogP contribution < -0.4 is 5.73 Å². The van der Waals surface area contributed by atoms with Gasteiger partial charge in [-0.3, -0.25) is 4.18 Å². The number of benzene rings is 2. The van der Waals surface area contributed by atoms with Crippen LogP contribution in [-0.2, 0) is 20.7 Å². The van der Waals surface area contributed by atoms with E-state index in [0.717, 1.165) is 11.1 Å². The number of hydrogen-bond acceptors (Lipinski definition) is 4. The number of nitrogens with two attached hydrogens (primary N) is 1. The first-order valence-electron chi connectivity index (χ1n) is 6.73. The molecule has 0 radical (unpaired) electrons. The van der Waals surface area contributed by atoms with Gasteiger partial charge in [0.15, 0.2) is 0 Å². The van der Waals surface area contributed by atoms with Gasteiger partial charge < -0.3 is 5.73 Å². The highest BCUT2D eigenvalue weighted by Gasteiger charge is 2.16. The Morgan fingerprint density at radius 1 is 1.05 bits per heavy atom. The van der Waals surface area contributed by atoms with Gasteiger partial charge in [0.05, 0.1) is 11.5 Å². The Morgan fingerprint density at radius 3 is 2.29 bits per heavy atom. The summed E-state index contributed by atoms with van der Waals surface area (Å²) in [6.45, 7) is 1.86. The van der Waals surface area contributed by atoms with Crippen molar-refractivity contribution in [3.63, 3.8) is 0 Å². The molecule has 2 aromatic carbocycles. The van der Waals surface area contributed by atoms with Crippen molar-refractivity contribution in [2.24, 2.45) is 5.73 Å². The molecule has 0 heterocycles. The lowest BCUT2D eigenvalue weighted by Crippen LogP contribution is -2.30. The fraction of sp³-hybridized carbons (Fsp3) is 0.250. The van der Waals surface area contributed by atoms with E-state index in [0.29, 0.717) is 6.42 Å². The smallest absolute Gasteiger partial charge is 0.297 e. The van der Waals surface area contributed by atoms with Gasteiger partial charge in [-0.2, -0.15) is 8.42 Å². The Kier molecular flexibility index (Phi) is 5.12. The first-order valence-corrected chi connectivity index (χ1v) is 8.14. The maximum atomic E-state index is 12.0. The van der Waals surface area contributed by atoms with Gasteiger partial charge in [0.1, 0.15) is 0 Å². The van der Waals surface area contributed by atoms with Gasteiger partial charge >= 0.3 is 0 Å². The summed E-state index contributed by atoms with van der Waals surface area (Å²) in [4.78, 5) is 0.153. The van der Waals surface area contributed by atoms with Gasteiger partial charge in [-0.05, 0) is 31.0 Å². The van der Waals surface area contributed by atoms with Crippen molar-refractivity contribution in [3.05, 3.63) is 65.7 Å². The highest BCUT2D eigenvalue weighted by Crippen LogP contribution is 2.13. The summed E-state index contributed by atoms with van der Waals surface area (Å²) >= 11 is 0. The summed E-state index contributed by atoms with van der Waals surface area (Å²) in [5.41, 5.74) is 7.98. The molecule has 0 amide bonds. The zero-order valence-electron chi connectivity index (χ0n) is 11.9. The van der Waals surface area contributed by atoms with Crippen LogP contribution in [0.3, 0.4) is 0 Å². The van der Waals surface area contributed by atoms with E-state index in [1.165, 1.54) is 12.1 Å². The van der Waals surface area contributed by atoms with Crippen molar-refractivity contribution in [3.8, 4) is 0 Å². The van der Waals surface area contributed by atoms with E-state index in [9.17, 15) is 8.42 Å². The summed E-state index contributed by atoms with van der Waals surface area (Å²) in [5.74, 6) is 0. The molecular formula is C16H19NO3S. The number of rotatable bonds is 6. The average Bonchev–Trinajstić information content (AvgIpc) is 2.47. The Bertz CT molecular complexity index is 666. The fourth-order valence-corrected chi connectivity index (χ4v) is 2.89. The molecule has 0 aromatic heterocycles. The molecule has 112 valence electrons. The van der Waals surface area contributed by atoms with Gasteiger partial charge in [-0.15, -0.1) is 0 Å². The molecule has 0 fully saturated rings. The zero-order chi connectivity index (χ0) is 15.3. The zero-order valence-corrected chi connectivity index (χ0v) is 12.7. The summed E-state index contributed by atoms with van der Waals surface area (Å²) < 4.78 is 29.1. The minimum absolute atomic E-state index is 0.0366. The lowest BCUT2D eigenvalue weighted by Gasteiger charge is -2.12. The van der Waals surface area contributed by atoms with E-state index in [2.05, 4.69) is 0 Å². The lowest BCUT2D eigenvalue weighted by atomic mass is 10.1. The second kappa shape index (κ2) is 6.85. The molecule has 4 nitrogen and oxygen atoms in total. The first-order chi connectivity index (χ1) is 9.97. The largest absolute Gasteiger partial charge is 0.325 e. The molecule has 0 spiro atoms. The molecule has 0 saturated heterocycles. The number of aryl methyl sites for hydroxylation is 1. The predicted octanol–water partition coefficient (Wildman–Crippen LogP) is 2.27. The van der Waals surface area contributed by atoms with Gasteiger partial charge in [-0.25, -0.2) is 0 Å². The molecule has 21 heavy (non-hydrogen) atoms. The van der Waals surface area contributed by atoms with Gasteiger partial charge in [0.2, 0.25) is 0 Å². The van der Waals surface area contributed by atoms with Gasteiger partial charge in [-0.1, -0.05) is 48.0 Å². The van der Waals surface area contributed by atoms with Crippen molar-refractivity contribution in [1.82, 2.24) is 0 Å². The van der Waals surface area contributed by atoms with Crippen molar-refractivity contribution in [2.45, 2.75) is 24.3 Å². The van der Waals surface area contributed by atoms with Crippen LogP contribution in [0.1, 0.15) is 11.1 Å². The van der Waals surface area contributed by atoms with Crippen LogP contribution in [-0.4, -0.2) is 21.1 Å². The normalized spacial score (nSPS) is 13.0. The minimum atomic E-state index is -3.74. The predicted molar refractivity (Wildman–Crippen MR) is 82.4 cm³/mol. The summed E-state index contributed by atoms with van der Waals surface area (Å²) in [7, 11) is -3.74. The van der Waals surface area contributed by atoms with Crippen LogP contribution in [0.25, 0.3) is 0 Å². The van der Waals surface area contributed by atoms with E-state index in [4.69, 9.17) is 9.92 Å². The molecule has 0 aliphatic rings. The molecule has 0 bridgehead atoms. The highest BCUT2D eigenvalue weighted by atomic mass is 32.2. The van der Waals surface area contributed by atoms with Crippen LogP contribution in [0, 0.1) is 6.92 Å². The average molecular weight is 305 g/mol. The standard InChI is InChI=1S/C16H19NO3S/c1-13-7-9-16(10-8-13)21(18,19)20-12-15(17)11-14-5-3-2-4-6-14/h2-10,15H,11-12,17H2,1H3. The molecule has 0 aliphatic carbocycles. The minimum Gasteiger partial charge on any atom is -0.325 e. The van der Waals surface area contributed by atoms with Crippen LogP contribution in [0.2, 0.25) is 0 Å². The Labute approximate surface area is 125 Å². The fourth-order valence-electron chi connectivity index (χ4n) is 1.93. The monoisotopic (exact) mass is 305 g/mol. The molecule has 2 aromatic rings. The maximum Gasteiger partial charge on any atom is 0.297 e. The second-order valence-electron chi connectivity index (χ2n) is 5.00. The maximum absolute atomic E-state index is 12.0. The van der Waals surface area contributed by atoms with Crippen molar-refractivity contribution in [1.29, 1.82) is 0 Å². The third-order valence-corrected chi connectivity index (χ3v) is 4.38. The van der Waals surface area contributed by atoms with Crippen LogP contribution in [0.4, 0.5) is 0 Å². The molecule has 0 aliphatic heterocycles. The van der Waals surface area contributed by atoms with Gasteiger partial charge in [0, 0.05) is 6.04 Å². The summed E-state index contributed by atoms with van der Waals surface area (Å²) in [6.07, 6.45) is 0.574. The third-order valence-electron chi connectivity index (χ3n) is 3.09. The Balaban J connectivity index is 1.94. The second-order valence-corrected chi connectivity index (χ2v) is 6.62. The van der Waals surface area contributed by atoms with Crippen molar-refractivity contribution < 1.29 is 12.6 Å². The van der Waals surface area contributed by atoms with Gasteiger partial charge in [0.25, 0.3) is 10.1 Å². The van der Waals surface area contributed by atoms with Crippen molar-refractivity contribution in [2.75, 3.05) is 6.61 Å². The Morgan fingerprint density at radius 2 is 1.67 bits per heavy atom. The first kappa shape index (κ1) is 15.7. The van der Waals surface area contributed by atoms with E-state index in [1.807, 2.05) is 37.3 Å².